The Kier molecular flexibility index (Phi) is 8.13. The summed E-state index contributed by atoms with van der Waals surface area (Å²) in [6.45, 7) is 3.00. The lowest BCUT2D eigenvalue weighted by Gasteiger charge is -2.08. The van der Waals surface area contributed by atoms with Crippen molar-refractivity contribution in [2.75, 3.05) is 6.54 Å². The maximum Gasteiger partial charge on any atom is 0.250 e. The van der Waals surface area contributed by atoms with E-state index < -0.39 is 0 Å². The first-order valence-electron chi connectivity index (χ1n) is 8.95. The monoisotopic (exact) mass is 354 g/mol. The average molecular weight is 355 g/mol. The van der Waals surface area contributed by atoms with Crippen molar-refractivity contribution in [1.82, 2.24) is 10.6 Å². The molecule has 2 rings (SSSR count). The molecule has 0 aliphatic rings. The fourth-order valence-electron chi connectivity index (χ4n) is 2.69. The van der Waals surface area contributed by atoms with Gasteiger partial charge in [0, 0.05) is 12.6 Å². The summed E-state index contributed by atoms with van der Waals surface area (Å²) in [4.78, 5) is 12.0. The number of thiocarbonyl (C=S) groups is 1. The molecule has 0 aliphatic carbocycles. The summed E-state index contributed by atoms with van der Waals surface area (Å²) in [5.41, 5.74) is 1.02. The van der Waals surface area contributed by atoms with Crippen LogP contribution in [0.2, 0.25) is 0 Å². The number of carbonyl (C=O) groups excluding carboxylic acids is 1. The third kappa shape index (κ3) is 6.67. The van der Waals surface area contributed by atoms with Gasteiger partial charge in [0.1, 0.15) is 0 Å². The average Bonchev–Trinajstić information content (AvgIpc) is 2.63. The number of amides is 1. The van der Waals surface area contributed by atoms with Gasteiger partial charge in [0.25, 0.3) is 0 Å². The van der Waals surface area contributed by atoms with Crippen LogP contribution >= 0.6 is 12.2 Å². The number of hydrogen-bond acceptors (Lipinski definition) is 2. The van der Waals surface area contributed by atoms with Gasteiger partial charge < -0.3 is 5.32 Å². The number of benzene rings is 2. The third-order valence-corrected chi connectivity index (χ3v) is 4.29. The second-order valence-electron chi connectivity index (χ2n) is 6.06. The summed E-state index contributed by atoms with van der Waals surface area (Å²) < 4.78 is 0. The second kappa shape index (κ2) is 10.6. The van der Waals surface area contributed by atoms with Gasteiger partial charge in [-0.25, -0.2) is 0 Å². The first kappa shape index (κ1) is 19.1. The van der Waals surface area contributed by atoms with E-state index in [4.69, 9.17) is 12.2 Å². The van der Waals surface area contributed by atoms with Crippen LogP contribution in [0.1, 0.15) is 44.6 Å². The lowest BCUT2D eigenvalue weighted by atomic mass is 10.0. The van der Waals surface area contributed by atoms with Crippen LogP contribution in [0.3, 0.4) is 0 Å². The van der Waals surface area contributed by atoms with Crippen molar-refractivity contribution in [3.8, 4) is 0 Å². The van der Waals surface area contributed by atoms with Gasteiger partial charge >= 0.3 is 0 Å². The smallest absolute Gasteiger partial charge is 0.250 e. The zero-order valence-corrected chi connectivity index (χ0v) is 15.6. The highest BCUT2D eigenvalue weighted by molar-refractivity contribution is 7.80. The van der Waals surface area contributed by atoms with Gasteiger partial charge in [0.2, 0.25) is 5.91 Å². The molecule has 0 radical (unpaired) electrons. The molecule has 2 aromatic rings. The molecule has 3 nitrogen and oxygen atoms in total. The Morgan fingerprint density at radius 3 is 2.64 bits per heavy atom. The largest absolute Gasteiger partial charge is 0.362 e. The summed E-state index contributed by atoms with van der Waals surface area (Å²) >= 11 is 5.16. The van der Waals surface area contributed by atoms with E-state index >= 15 is 0 Å². The van der Waals surface area contributed by atoms with Crippen LogP contribution in [0.25, 0.3) is 16.8 Å². The zero-order valence-electron chi connectivity index (χ0n) is 14.8. The molecule has 0 spiro atoms. The van der Waals surface area contributed by atoms with Gasteiger partial charge in [0.05, 0.1) is 0 Å². The summed E-state index contributed by atoms with van der Waals surface area (Å²) in [6.07, 6.45) is 9.39. The Morgan fingerprint density at radius 1 is 1.04 bits per heavy atom. The van der Waals surface area contributed by atoms with Crippen molar-refractivity contribution in [1.29, 1.82) is 0 Å². The van der Waals surface area contributed by atoms with Gasteiger partial charge in [-0.05, 0) is 41.1 Å². The standard InChI is InChI=1S/C21H26N2OS/c1-2-3-4-5-8-16-22-21(25)23-20(24)15-14-18-12-9-11-17-10-6-7-13-19(17)18/h6-7,9-15H,2-5,8,16H2,1H3,(H2,22,23,24,25)/b15-14+. The van der Waals surface area contributed by atoms with Crippen molar-refractivity contribution < 1.29 is 4.79 Å². The highest BCUT2D eigenvalue weighted by atomic mass is 32.1. The molecule has 0 unspecified atom stereocenters. The Morgan fingerprint density at radius 2 is 1.80 bits per heavy atom. The van der Waals surface area contributed by atoms with Crippen LogP contribution in [0, 0.1) is 0 Å². The number of nitrogens with one attached hydrogen (secondary N) is 2. The third-order valence-electron chi connectivity index (χ3n) is 4.04. The second-order valence-corrected chi connectivity index (χ2v) is 6.47. The maximum absolute atomic E-state index is 12.0. The van der Waals surface area contributed by atoms with E-state index in [0.29, 0.717) is 5.11 Å². The molecule has 0 atom stereocenters. The molecule has 0 aliphatic heterocycles. The molecule has 2 N–H and O–H groups in total. The Bertz CT molecular complexity index is 734. The molecular formula is C21H26N2OS. The lowest BCUT2D eigenvalue weighted by Crippen LogP contribution is -2.38. The lowest BCUT2D eigenvalue weighted by molar-refractivity contribution is -0.115. The molecule has 132 valence electrons. The Hall–Kier alpha value is -2.20. The van der Waals surface area contributed by atoms with E-state index in [1.165, 1.54) is 31.8 Å². The molecule has 2 aromatic carbocycles. The Labute approximate surface area is 155 Å². The first-order valence-corrected chi connectivity index (χ1v) is 9.36. The minimum Gasteiger partial charge on any atom is -0.362 e. The molecule has 1 amide bonds. The van der Waals surface area contributed by atoms with Crippen LogP contribution in [-0.2, 0) is 4.79 Å². The number of carbonyl (C=O) groups is 1. The Balaban J connectivity index is 1.79. The van der Waals surface area contributed by atoms with Gasteiger partial charge in [-0.1, -0.05) is 75.1 Å². The van der Waals surface area contributed by atoms with Gasteiger partial charge in [-0.15, -0.1) is 0 Å². The molecule has 0 saturated heterocycles. The van der Waals surface area contributed by atoms with E-state index in [9.17, 15) is 4.79 Å². The fraction of sp³-hybridized carbons (Fsp3) is 0.333. The molecule has 25 heavy (non-hydrogen) atoms. The fourth-order valence-corrected chi connectivity index (χ4v) is 2.89. The van der Waals surface area contributed by atoms with Gasteiger partial charge in [-0.3, -0.25) is 10.1 Å². The van der Waals surface area contributed by atoms with Gasteiger partial charge in [0.15, 0.2) is 5.11 Å². The molecule has 0 bridgehead atoms. The summed E-state index contributed by atoms with van der Waals surface area (Å²) in [5, 5.41) is 8.45. The van der Waals surface area contributed by atoms with E-state index in [2.05, 4.69) is 35.8 Å². The van der Waals surface area contributed by atoms with Crippen molar-refractivity contribution >= 4 is 40.1 Å². The van der Waals surface area contributed by atoms with Crippen molar-refractivity contribution in [3.63, 3.8) is 0 Å². The number of hydrogen-bond donors (Lipinski definition) is 2. The van der Waals surface area contributed by atoms with Crippen LogP contribution < -0.4 is 10.6 Å². The van der Waals surface area contributed by atoms with Crippen molar-refractivity contribution in [3.05, 3.63) is 54.1 Å². The van der Waals surface area contributed by atoms with Crippen molar-refractivity contribution in [2.45, 2.75) is 39.0 Å². The van der Waals surface area contributed by atoms with E-state index in [1.54, 1.807) is 0 Å². The van der Waals surface area contributed by atoms with E-state index in [1.807, 2.05) is 30.3 Å². The SMILES string of the molecule is CCCCCCCNC(=S)NC(=O)/C=C/c1cccc2ccccc12. The van der Waals surface area contributed by atoms with E-state index in [0.717, 1.165) is 29.3 Å². The van der Waals surface area contributed by atoms with Crippen LogP contribution in [0.5, 0.6) is 0 Å². The van der Waals surface area contributed by atoms with Crippen LogP contribution in [-0.4, -0.2) is 17.6 Å². The number of fused-ring (bicyclic) bond motifs is 1. The number of unbranched alkanes of at least 4 members (excludes halogenated alkanes) is 4. The predicted octanol–water partition coefficient (Wildman–Crippen LogP) is 4.81. The predicted molar refractivity (Wildman–Crippen MR) is 110 cm³/mol. The topological polar surface area (TPSA) is 41.1 Å². The highest BCUT2D eigenvalue weighted by Gasteiger charge is 2.01. The molecule has 0 saturated carbocycles. The zero-order chi connectivity index (χ0) is 17.9. The molecule has 4 heteroatoms. The number of rotatable bonds is 8. The summed E-state index contributed by atoms with van der Waals surface area (Å²) in [5.74, 6) is -0.212. The highest BCUT2D eigenvalue weighted by Crippen LogP contribution is 2.19. The maximum atomic E-state index is 12.0. The van der Waals surface area contributed by atoms with E-state index in [-0.39, 0.29) is 5.91 Å². The quantitative estimate of drug-likeness (QED) is 0.406. The first-order chi connectivity index (χ1) is 12.2. The van der Waals surface area contributed by atoms with Crippen LogP contribution in [0.4, 0.5) is 0 Å². The van der Waals surface area contributed by atoms with Crippen LogP contribution in [0.15, 0.2) is 48.5 Å². The minimum atomic E-state index is -0.212. The van der Waals surface area contributed by atoms with Crippen molar-refractivity contribution in [2.24, 2.45) is 0 Å². The molecule has 0 aromatic heterocycles. The van der Waals surface area contributed by atoms with Gasteiger partial charge in [-0.2, -0.15) is 0 Å². The minimum absolute atomic E-state index is 0.212. The molecule has 0 heterocycles. The molecular weight excluding hydrogens is 328 g/mol. The summed E-state index contributed by atoms with van der Waals surface area (Å²) in [7, 11) is 0. The summed E-state index contributed by atoms with van der Waals surface area (Å²) in [6, 6.07) is 14.2. The molecule has 0 fully saturated rings. The normalized spacial score (nSPS) is 10.9.